The minimum Gasteiger partial charge on any atom is -0.420 e. The van der Waals surface area contributed by atoms with Gasteiger partial charge in [-0.15, -0.1) is 10.2 Å². The van der Waals surface area contributed by atoms with E-state index in [1.807, 2.05) is 6.07 Å². The number of fused-ring (bicyclic) bond motifs is 1. The second kappa shape index (κ2) is 3.90. The molecule has 106 valence electrons. The van der Waals surface area contributed by atoms with E-state index < -0.39 is 0 Å². The van der Waals surface area contributed by atoms with Crippen LogP contribution in [0.25, 0.3) is 22.6 Å². The molecule has 2 fully saturated rings. The van der Waals surface area contributed by atoms with Gasteiger partial charge in [-0.1, -0.05) is 12.1 Å². The van der Waals surface area contributed by atoms with Crippen LogP contribution in [0.5, 0.6) is 0 Å². The zero-order valence-electron chi connectivity index (χ0n) is 11.6. The second-order valence-corrected chi connectivity index (χ2v) is 6.18. The van der Waals surface area contributed by atoms with Crippen molar-refractivity contribution in [3.63, 3.8) is 0 Å². The van der Waals surface area contributed by atoms with Gasteiger partial charge in [0.05, 0.1) is 16.6 Å². The predicted molar refractivity (Wildman–Crippen MR) is 73.6 cm³/mol. The molecule has 6 heteroatoms. The lowest BCUT2D eigenvalue weighted by atomic mass is 10.1. The number of hydrogen-bond acceptors (Lipinski definition) is 6. The first-order chi connectivity index (χ1) is 10.3. The maximum Gasteiger partial charge on any atom is 0.257 e. The van der Waals surface area contributed by atoms with Gasteiger partial charge in [-0.25, -0.2) is 4.98 Å². The van der Waals surface area contributed by atoms with Crippen LogP contribution in [-0.4, -0.2) is 20.3 Å². The molecule has 0 unspecified atom stereocenters. The zero-order chi connectivity index (χ0) is 14.0. The van der Waals surface area contributed by atoms with Crippen LogP contribution in [-0.2, 0) is 0 Å². The van der Waals surface area contributed by atoms with Gasteiger partial charge in [0.2, 0.25) is 11.8 Å². The van der Waals surface area contributed by atoms with Crippen molar-refractivity contribution < 1.29 is 8.94 Å². The molecule has 0 saturated heterocycles. The van der Waals surface area contributed by atoms with Crippen LogP contribution in [0.15, 0.2) is 21.2 Å². The number of hydrogen-bond donors (Lipinski definition) is 0. The molecule has 5 rings (SSSR count). The average molecular weight is 282 g/mol. The number of rotatable bonds is 3. The van der Waals surface area contributed by atoms with Crippen LogP contribution in [0.4, 0.5) is 0 Å². The van der Waals surface area contributed by atoms with E-state index in [2.05, 4.69) is 27.3 Å². The lowest BCUT2D eigenvalue weighted by Gasteiger charge is -1.95. The Morgan fingerprint density at radius 3 is 2.86 bits per heavy atom. The Morgan fingerprint density at radius 1 is 1.24 bits per heavy atom. The second-order valence-electron chi connectivity index (χ2n) is 6.18. The standard InChI is InChI=1S/C15H14N4O2/c1-7-4-10(7)15-18-17-13(20-15)9-5-11-12(8-2-3-8)19-21-14(11)16-6-9/h5-8,10H,2-4H2,1H3/t7-,10-/m1/s1. The maximum absolute atomic E-state index is 5.79. The molecule has 0 amide bonds. The van der Waals surface area contributed by atoms with Gasteiger partial charge in [0.1, 0.15) is 0 Å². The smallest absolute Gasteiger partial charge is 0.257 e. The molecule has 2 aliphatic rings. The summed E-state index contributed by atoms with van der Waals surface area (Å²) in [5, 5.41) is 13.4. The van der Waals surface area contributed by atoms with E-state index in [1.54, 1.807) is 6.20 Å². The molecule has 2 atom stereocenters. The third-order valence-electron chi connectivity index (χ3n) is 4.44. The van der Waals surface area contributed by atoms with Gasteiger partial charge < -0.3 is 8.94 Å². The Balaban J connectivity index is 1.57. The van der Waals surface area contributed by atoms with Crippen LogP contribution in [0, 0.1) is 5.92 Å². The van der Waals surface area contributed by atoms with E-state index in [0.29, 0.717) is 29.4 Å². The summed E-state index contributed by atoms with van der Waals surface area (Å²) in [4.78, 5) is 4.32. The van der Waals surface area contributed by atoms with Gasteiger partial charge in [0.25, 0.3) is 5.71 Å². The van der Waals surface area contributed by atoms with Gasteiger partial charge in [0, 0.05) is 18.0 Å². The number of aromatic nitrogens is 4. The van der Waals surface area contributed by atoms with E-state index in [-0.39, 0.29) is 0 Å². The van der Waals surface area contributed by atoms with E-state index in [9.17, 15) is 0 Å². The first-order valence-corrected chi connectivity index (χ1v) is 7.38. The topological polar surface area (TPSA) is 77.8 Å². The first kappa shape index (κ1) is 11.4. The third kappa shape index (κ3) is 1.78. The van der Waals surface area contributed by atoms with E-state index in [1.165, 1.54) is 12.8 Å². The molecule has 6 nitrogen and oxygen atoms in total. The van der Waals surface area contributed by atoms with Crippen molar-refractivity contribution in [2.75, 3.05) is 0 Å². The Labute approximate surface area is 120 Å². The van der Waals surface area contributed by atoms with Crippen molar-refractivity contribution in [1.82, 2.24) is 20.3 Å². The summed E-state index contributed by atoms with van der Waals surface area (Å²) in [5.74, 6) is 2.87. The zero-order valence-corrected chi connectivity index (χ0v) is 11.6. The van der Waals surface area contributed by atoms with Crippen LogP contribution >= 0.6 is 0 Å². The van der Waals surface area contributed by atoms with Crippen molar-refractivity contribution in [1.29, 1.82) is 0 Å². The fourth-order valence-electron chi connectivity index (χ4n) is 2.79. The van der Waals surface area contributed by atoms with E-state index >= 15 is 0 Å². The van der Waals surface area contributed by atoms with Gasteiger partial charge in [-0.2, -0.15) is 0 Å². The number of pyridine rings is 1. The Bertz CT molecular complexity index is 833. The average Bonchev–Trinajstić information content (AvgIpc) is 3.37. The molecule has 21 heavy (non-hydrogen) atoms. The molecule has 3 aromatic rings. The van der Waals surface area contributed by atoms with Crippen molar-refractivity contribution >= 4 is 11.1 Å². The first-order valence-electron chi connectivity index (χ1n) is 7.38. The van der Waals surface area contributed by atoms with Crippen molar-refractivity contribution in [3.8, 4) is 11.5 Å². The highest BCUT2D eigenvalue weighted by Crippen LogP contribution is 2.47. The monoisotopic (exact) mass is 282 g/mol. The minimum atomic E-state index is 0.431. The summed E-state index contributed by atoms with van der Waals surface area (Å²) in [6, 6.07) is 2.00. The maximum atomic E-state index is 5.79. The molecule has 0 bridgehead atoms. The van der Waals surface area contributed by atoms with Gasteiger partial charge in [0.15, 0.2) is 0 Å². The Kier molecular flexibility index (Phi) is 2.12. The van der Waals surface area contributed by atoms with E-state index in [0.717, 1.165) is 29.0 Å². The van der Waals surface area contributed by atoms with Crippen LogP contribution < -0.4 is 0 Å². The molecule has 0 N–H and O–H groups in total. The molecular weight excluding hydrogens is 268 g/mol. The lowest BCUT2D eigenvalue weighted by Crippen LogP contribution is -1.83. The Morgan fingerprint density at radius 2 is 2.10 bits per heavy atom. The summed E-state index contributed by atoms with van der Waals surface area (Å²) in [6.07, 6.45) is 5.19. The molecule has 0 aromatic carbocycles. The van der Waals surface area contributed by atoms with Crippen LogP contribution in [0.3, 0.4) is 0 Å². The SMILES string of the molecule is C[C@@H]1C[C@H]1c1nnc(-c2cnc3onc(C4CC4)c3c2)o1. The molecule has 2 aliphatic carbocycles. The van der Waals surface area contributed by atoms with Crippen molar-refractivity contribution in [3.05, 3.63) is 23.8 Å². The van der Waals surface area contributed by atoms with Crippen LogP contribution in [0.2, 0.25) is 0 Å². The summed E-state index contributed by atoms with van der Waals surface area (Å²) in [6.45, 7) is 2.20. The third-order valence-corrected chi connectivity index (χ3v) is 4.44. The van der Waals surface area contributed by atoms with Gasteiger partial charge in [-0.05, 0) is 31.2 Å². The quantitative estimate of drug-likeness (QED) is 0.733. The number of nitrogens with zero attached hydrogens (tertiary/aromatic N) is 4. The van der Waals surface area contributed by atoms with Crippen molar-refractivity contribution in [2.45, 2.75) is 38.0 Å². The molecule has 0 radical (unpaired) electrons. The molecular formula is C15H14N4O2. The normalized spacial score (nSPS) is 24.6. The highest BCUT2D eigenvalue weighted by Gasteiger charge is 2.38. The molecule has 3 heterocycles. The highest BCUT2D eigenvalue weighted by atomic mass is 16.5. The molecule has 0 spiro atoms. The predicted octanol–water partition coefficient (Wildman–Crippen LogP) is 3.27. The minimum absolute atomic E-state index is 0.431. The van der Waals surface area contributed by atoms with E-state index in [4.69, 9.17) is 8.94 Å². The largest absolute Gasteiger partial charge is 0.420 e. The van der Waals surface area contributed by atoms with Crippen molar-refractivity contribution in [2.24, 2.45) is 5.92 Å². The summed E-state index contributed by atoms with van der Waals surface area (Å²) < 4.78 is 11.1. The molecule has 2 saturated carbocycles. The molecule has 0 aliphatic heterocycles. The van der Waals surface area contributed by atoms with Gasteiger partial charge >= 0.3 is 0 Å². The molecule has 3 aromatic heterocycles. The highest BCUT2D eigenvalue weighted by molar-refractivity contribution is 5.81. The summed E-state index contributed by atoms with van der Waals surface area (Å²) in [7, 11) is 0. The fourth-order valence-corrected chi connectivity index (χ4v) is 2.79. The summed E-state index contributed by atoms with van der Waals surface area (Å²) in [5.41, 5.74) is 2.42. The van der Waals surface area contributed by atoms with Crippen LogP contribution in [0.1, 0.15) is 49.6 Å². The fraction of sp³-hybridized carbons (Fsp3) is 0.467. The lowest BCUT2D eigenvalue weighted by molar-refractivity contribution is 0.439. The van der Waals surface area contributed by atoms with Gasteiger partial charge in [-0.3, -0.25) is 0 Å². The Hall–Kier alpha value is -2.24. The summed E-state index contributed by atoms with van der Waals surface area (Å²) >= 11 is 0.